The fraction of sp³-hybridized carbons (Fsp3) is 0.103. The number of thioether (sulfide) groups is 1. The lowest BCUT2D eigenvalue weighted by atomic mass is 10.0. The standard InChI is InChI=1S/C29H23N3O3S2/c1-19-12-14-21(15-13-19)26-22(18-31(30-26)23-10-6-3-7-11-23)17-25-27(33)32(29(36)37-25)24(28(34)35)16-20-8-4-2-5-9-20/h2-15,17-18,24H,16H2,1H3,(H,34,35)/b25-17-/t24-/m1/s1. The number of carbonyl (C=O) groups excluding carboxylic acids is 1. The number of rotatable bonds is 7. The number of para-hydroxylation sites is 1. The van der Waals surface area contributed by atoms with Crippen LogP contribution in [0.15, 0.2) is 96.0 Å². The van der Waals surface area contributed by atoms with Crippen LogP contribution in [-0.4, -0.2) is 42.0 Å². The average molecular weight is 526 g/mol. The Bertz CT molecular complexity index is 1500. The van der Waals surface area contributed by atoms with Gasteiger partial charge in [0.25, 0.3) is 5.91 Å². The van der Waals surface area contributed by atoms with Gasteiger partial charge in [0.1, 0.15) is 10.4 Å². The molecule has 4 aromatic rings. The predicted molar refractivity (Wildman–Crippen MR) is 150 cm³/mol. The number of aryl methyl sites for hydroxylation is 1. The van der Waals surface area contributed by atoms with E-state index >= 15 is 0 Å². The lowest BCUT2D eigenvalue weighted by molar-refractivity contribution is -0.145. The minimum atomic E-state index is -1.10. The molecule has 3 aromatic carbocycles. The highest BCUT2D eigenvalue weighted by atomic mass is 32.2. The van der Waals surface area contributed by atoms with Crippen LogP contribution in [0.4, 0.5) is 0 Å². The maximum atomic E-state index is 13.5. The van der Waals surface area contributed by atoms with E-state index in [2.05, 4.69) is 0 Å². The quantitative estimate of drug-likeness (QED) is 0.245. The first kappa shape index (κ1) is 24.7. The highest BCUT2D eigenvalue weighted by molar-refractivity contribution is 8.26. The smallest absolute Gasteiger partial charge is 0.327 e. The largest absolute Gasteiger partial charge is 0.480 e. The summed E-state index contributed by atoms with van der Waals surface area (Å²) in [5, 5.41) is 14.8. The Morgan fingerprint density at radius 1 is 1.03 bits per heavy atom. The molecule has 37 heavy (non-hydrogen) atoms. The van der Waals surface area contributed by atoms with E-state index < -0.39 is 17.9 Å². The van der Waals surface area contributed by atoms with Crippen molar-refractivity contribution in [2.75, 3.05) is 0 Å². The van der Waals surface area contributed by atoms with Crippen LogP contribution in [0.25, 0.3) is 23.0 Å². The van der Waals surface area contributed by atoms with Gasteiger partial charge in [-0.2, -0.15) is 5.10 Å². The first-order valence-electron chi connectivity index (χ1n) is 11.7. The molecule has 0 bridgehead atoms. The molecule has 5 rings (SSSR count). The zero-order valence-corrected chi connectivity index (χ0v) is 21.6. The van der Waals surface area contributed by atoms with E-state index in [-0.39, 0.29) is 10.7 Å². The normalized spacial score (nSPS) is 15.4. The number of carbonyl (C=O) groups is 2. The van der Waals surface area contributed by atoms with Crippen molar-refractivity contribution in [3.63, 3.8) is 0 Å². The van der Waals surface area contributed by atoms with Gasteiger partial charge in [-0.1, -0.05) is 102 Å². The second-order valence-corrected chi connectivity index (χ2v) is 10.4. The van der Waals surface area contributed by atoms with E-state index in [1.165, 1.54) is 4.90 Å². The van der Waals surface area contributed by atoms with E-state index in [0.29, 0.717) is 10.6 Å². The van der Waals surface area contributed by atoms with E-state index in [1.54, 1.807) is 10.8 Å². The molecule has 2 heterocycles. The van der Waals surface area contributed by atoms with Gasteiger partial charge < -0.3 is 5.11 Å². The number of hydrogen-bond donors (Lipinski definition) is 1. The van der Waals surface area contributed by atoms with Crippen molar-refractivity contribution in [1.29, 1.82) is 0 Å². The third-order valence-corrected chi connectivity index (χ3v) is 7.40. The fourth-order valence-electron chi connectivity index (χ4n) is 4.16. The van der Waals surface area contributed by atoms with Crippen molar-refractivity contribution in [3.8, 4) is 16.9 Å². The number of amides is 1. The zero-order chi connectivity index (χ0) is 25.9. The van der Waals surface area contributed by atoms with Crippen LogP contribution in [0, 0.1) is 6.92 Å². The number of hydrogen-bond acceptors (Lipinski definition) is 5. The topological polar surface area (TPSA) is 75.4 Å². The number of thiocarbonyl (C=S) groups is 1. The maximum Gasteiger partial charge on any atom is 0.327 e. The lowest BCUT2D eigenvalue weighted by Crippen LogP contribution is -2.45. The molecule has 0 unspecified atom stereocenters. The van der Waals surface area contributed by atoms with Gasteiger partial charge in [-0.3, -0.25) is 9.69 Å². The van der Waals surface area contributed by atoms with Gasteiger partial charge in [-0.05, 0) is 30.7 Å². The average Bonchev–Trinajstić information content (AvgIpc) is 3.44. The SMILES string of the molecule is Cc1ccc(-c2nn(-c3ccccc3)cc2/C=C2\SC(=S)N([C@H](Cc3ccccc3)C(=O)O)C2=O)cc1. The molecule has 1 aliphatic heterocycles. The van der Waals surface area contributed by atoms with Crippen molar-refractivity contribution in [2.24, 2.45) is 0 Å². The fourth-order valence-corrected chi connectivity index (χ4v) is 5.51. The molecule has 8 heteroatoms. The predicted octanol–water partition coefficient (Wildman–Crippen LogP) is 5.74. The van der Waals surface area contributed by atoms with Gasteiger partial charge in [-0.15, -0.1) is 0 Å². The molecule has 1 aromatic heterocycles. The summed E-state index contributed by atoms with van der Waals surface area (Å²) in [7, 11) is 0. The van der Waals surface area contributed by atoms with Crippen molar-refractivity contribution in [1.82, 2.24) is 14.7 Å². The van der Waals surface area contributed by atoms with Crippen molar-refractivity contribution in [3.05, 3.63) is 113 Å². The van der Waals surface area contributed by atoms with Crippen LogP contribution < -0.4 is 0 Å². The van der Waals surface area contributed by atoms with Gasteiger partial charge in [0.15, 0.2) is 0 Å². The summed E-state index contributed by atoms with van der Waals surface area (Å²) >= 11 is 6.60. The third kappa shape index (κ3) is 5.26. The number of carboxylic acid groups (broad SMARTS) is 1. The number of aromatic nitrogens is 2. The Morgan fingerprint density at radius 3 is 2.32 bits per heavy atom. The number of carboxylic acids is 1. The highest BCUT2D eigenvalue weighted by Crippen LogP contribution is 2.36. The van der Waals surface area contributed by atoms with E-state index in [9.17, 15) is 14.7 Å². The molecule has 0 radical (unpaired) electrons. The third-order valence-electron chi connectivity index (χ3n) is 6.07. The van der Waals surface area contributed by atoms with E-state index in [4.69, 9.17) is 17.3 Å². The summed E-state index contributed by atoms with van der Waals surface area (Å²) in [5.41, 5.74) is 5.20. The second-order valence-electron chi connectivity index (χ2n) is 8.67. The molecule has 1 aliphatic rings. The Kier molecular flexibility index (Phi) is 7.03. The summed E-state index contributed by atoms with van der Waals surface area (Å²) in [6.45, 7) is 2.02. The lowest BCUT2D eigenvalue weighted by Gasteiger charge is -2.23. The Labute approximate surface area is 224 Å². The second kappa shape index (κ2) is 10.5. The number of benzene rings is 3. The minimum absolute atomic E-state index is 0.163. The van der Waals surface area contributed by atoms with Crippen LogP contribution in [-0.2, 0) is 16.0 Å². The maximum absolute atomic E-state index is 13.5. The van der Waals surface area contributed by atoms with E-state index in [1.807, 2.05) is 98.0 Å². The Balaban J connectivity index is 1.52. The summed E-state index contributed by atoms with van der Waals surface area (Å²) in [5.74, 6) is -1.51. The molecular formula is C29H23N3O3S2. The van der Waals surface area contributed by atoms with Crippen molar-refractivity contribution < 1.29 is 14.7 Å². The number of aliphatic carboxylic acids is 1. The first-order valence-corrected chi connectivity index (χ1v) is 12.9. The summed E-state index contributed by atoms with van der Waals surface area (Å²) < 4.78 is 2.00. The molecule has 6 nitrogen and oxygen atoms in total. The zero-order valence-electron chi connectivity index (χ0n) is 19.9. The summed E-state index contributed by atoms with van der Waals surface area (Å²) in [6.07, 6.45) is 3.79. The van der Waals surface area contributed by atoms with Crippen LogP contribution in [0.1, 0.15) is 16.7 Å². The van der Waals surface area contributed by atoms with Crippen molar-refractivity contribution >= 4 is 46.3 Å². The molecule has 0 spiro atoms. The Hall–Kier alpha value is -4.01. The van der Waals surface area contributed by atoms with Gasteiger partial charge >= 0.3 is 5.97 Å². The van der Waals surface area contributed by atoms with Gasteiger partial charge in [-0.25, -0.2) is 9.48 Å². The van der Waals surface area contributed by atoms with Crippen molar-refractivity contribution in [2.45, 2.75) is 19.4 Å². The molecular weight excluding hydrogens is 502 g/mol. The molecule has 0 saturated carbocycles. The summed E-state index contributed by atoms with van der Waals surface area (Å²) in [6, 6.07) is 25.9. The minimum Gasteiger partial charge on any atom is -0.480 e. The molecule has 1 fully saturated rings. The highest BCUT2D eigenvalue weighted by Gasteiger charge is 2.40. The van der Waals surface area contributed by atoms with Crippen LogP contribution in [0.3, 0.4) is 0 Å². The molecule has 1 saturated heterocycles. The number of nitrogens with zero attached hydrogens (tertiary/aromatic N) is 3. The molecule has 0 aliphatic carbocycles. The molecule has 1 N–H and O–H groups in total. The van der Waals surface area contributed by atoms with Crippen LogP contribution in [0.2, 0.25) is 0 Å². The molecule has 1 amide bonds. The van der Waals surface area contributed by atoms with Crippen LogP contribution >= 0.6 is 24.0 Å². The monoisotopic (exact) mass is 525 g/mol. The molecule has 1 atom stereocenters. The Morgan fingerprint density at radius 2 is 1.68 bits per heavy atom. The van der Waals surface area contributed by atoms with E-state index in [0.717, 1.165) is 39.7 Å². The first-order chi connectivity index (χ1) is 17.9. The molecule has 184 valence electrons. The van der Waals surface area contributed by atoms with Gasteiger partial charge in [0.05, 0.1) is 16.3 Å². The summed E-state index contributed by atoms with van der Waals surface area (Å²) in [4.78, 5) is 27.2. The van der Waals surface area contributed by atoms with Gasteiger partial charge in [0.2, 0.25) is 0 Å². The van der Waals surface area contributed by atoms with Gasteiger partial charge in [0, 0.05) is 23.7 Å². The van der Waals surface area contributed by atoms with Crippen LogP contribution in [0.5, 0.6) is 0 Å².